The van der Waals surface area contributed by atoms with Crippen LogP contribution in [-0.4, -0.2) is 19.1 Å². The van der Waals surface area contributed by atoms with Crippen molar-refractivity contribution < 1.29 is 9.53 Å². The molecule has 0 unspecified atom stereocenters. The number of anilines is 2. The molecule has 2 N–H and O–H groups in total. The van der Waals surface area contributed by atoms with Gasteiger partial charge in [-0.25, -0.2) is 0 Å². The van der Waals surface area contributed by atoms with Gasteiger partial charge in [0.2, 0.25) is 0 Å². The topological polar surface area (TPSA) is 50.4 Å². The molecule has 2 aromatic carbocycles. The van der Waals surface area contributed by atoms with Crippen molar-refractivity contribution in [2.45, 2.75) is 38.6 Å². The molecule has 0 saturated heterocycles. The molecule has 1 fully saturated rings. The number of hydrogen-bond acceptors (Lipinski definition) is 3. The molecule has 0 atom stereocenters. The van der Waals surface area contributed by atoms with Crippen molar-refractivity contribution in [3.8, 4) is 5.75 Å². The second kappa shape index (κ2) is 7.79. The Balaban J connectivity index is 1.74. The molecule has 0 aromatic heterocycles. The summed E-state index contributed by atoms with van der Waals surface area (Å²) in [5, 5.41) is 6.89. The smallest absolute Gasteiger partial charge is 0.259 e. The van der Waals surface area contributed by atoms with Crippen LogP contribution in [0, 0.1) is 6.92 Å². The maximum Gasteiger partial charge on any atom is 0.259 e. The molecular weight excluding hydrogens is 336 g/mol. The quantitative estimate of drug-likeness (QED) is 0.766. The second-order valence-corrected chi connectivity index (χ2v) is 6.89. The average molecular weight is 359 g/mol. The first-order chi connectivity index (χ1) is 12.1. The zero-order chi connectivity index (χ0) is 17.8. The molecule has 132 valence electrons. The van der Waals surface area contributed by atoms with E-state index in [0.717, 1.165) is 11.3 Å². The lowest BCUT2D eigenvalue weighted by Crippen LogP contribution is -2.15. The van der Waals surface area contributed by atoms with E-state index in [2.05, 4.69) is 10.6 Å². The van der Waals surface area contributed by atoms with E-state index in [1.165, 1.54) is 25.7 Å². The van der Waals surface area contributed by atoms with Crippen LogP contribution in [0.3, 0.4) is 0 Å². The van der Waals surface area contributed by atoms with Crippen molar-refractivity contribution >= 4 is 28.9 Å². The third-order valence-corrected chi connectivity index (χ3v) is 4.86. The Morgan fingerprint density at radius 3 is 2.60 bits per heavy atom. The van der Waals surface area contributed by atoms with Crippen LogP contribution in [0.4, 0.5) is 11.4 Å². The molecule has 1 amide bonds. The maximum absolute atomic E-state index is 12.6. The number of halogens is 1. The first kappa shape index (κ1) is 17.6. The molecule has 3 rings (SSSR count). The number of methoxy groups -OCH3 is 1. The minimum Gasteiger partial charge on any atom is -0.496 e. The van der Waals surface area contributed by atoms with Crippen LogP contribution in [-0.2, 0) is 0 Å². The number of rotatable bonds is 5. The van der Waals surface area contributed by atoms with Crippen LogP contribution < -0.4 is 15.4 Å². The summed E-state index contributed by atoms with van der Waals surface area (Å²) >= 11 is 6.37. The highest BCUT2D eigenvalue weighted by Crippen LogP contribution is 2.29. The van der Waals surface area contributed by atoms with Crippen molar-refractivity contribution in [2.75, 3.05) is 17.7 Å². The predicted octanol–water partition coefficient (Wildman–Crippen LogP) is 5.26. The molecule has 0 heterocycles. The Labute approximate surface area is 153 Å². The Morgan fingerprint density at radius 2 is 1.92 bits per heavy atom. The van der Waals surface area contributed by atoms with E-state index >= 15 is 0 Å². The van der Waals surface area contributed by atoms with E-state index in [1.54, 1.807) is 19.2 Å². The highest BCUT2D eigenvalue weighted by atomic mass is 35.5. The number of amides is 1. The second-order valence-electron chi connectivity index (χ2n) is 6.48. The van der Waals surface area contributed by atoms with Crippen molar-refractivity contribution in [1.82, 2.24) is 0 Å². The van der Waals surface area contributed by atoms with Crippen molar-refractivity contribution in [3.63, 3.8) is 0 Å². The Morgan fingerprint density at radius 1 is 1.16 bits per heavy atom. The summed E-state index contributed by atoms with van der Waals surface area (Å²) in [6.45, 7) is 1.94. The number of aryl methyl sites for hydroxylation is 1. The molecule has 0 spiro atoms. The van der Waals surface area contributed by atoms with E-state index in [1.807, 2.05) is 31.2 Å². The maximum atomic E-state index is 12.6. The number of nitrogens with one attached hydrogen (secondary N) is 2. The van der Waals surface area contributed by atoms with E-state index in [-0.39, 0.29) is 5.91 Å². The summed E-state index contributed by atoms with van der Waals surface area (Å²) in [4.78, 5) is 12.6. The number of carbonyl (C=O) groups is 1. The summed E-state index contributed by atoms with van der Waals surface area (Å²) in [5.74, 6) is 0.303. The third-order valence-electron chi connectivity index (χ3n) is 4.54. The first-order valence-corrected chi connectivity index (χ1v) is 8.96. The largest absolute Gasteiger partial charge is 0.496 e. The molecule has 0 bridgehead atoms. The van der Waals surface area contributed by atoms with Crippen LogP contribution in [0.5, 0.6) is 5.75 Å². The van der Waals surface area contributed by atoms with E-state index in [4.69, 9.17) is 16.3 Å². The van der Waals surface area contributed by atoms with E-state index < -0.39 is 0 Å². The fourth-order valence-corrected chi connectivity index (χ4v) is 3.43. The normalized spacial score (nSPS) is 14.4. The van der Waals surface area contributed by atoms with Gasteiger partial charge in [-0.3, -0.25) is 4.79 Å². The van der Waals surface area contributed by atoms with Gasteiger partial charge in [0.15, 0.2) is 0 Å². The number of benzene rings is 2. The Kier molecular flexibility index (Phi) is 5.49. The molecule has 1 saturated carbocycles. The summed E-state index contributed by atoms with van der Waals surface area (Å²) in [7, 11) is 1.55. The van der Waals surface area contributed by atoms with Crippen LogP contribution >= 0.6 is 11.6 Å². The molecule has 0 aliphatic heterocycles. The van der Waals surface area contributed by atoms with Gasteiger partial charge in [0, 0.05) is 11.7 Å². The van der Waals surface area contributed by atoms with Crippen molar-refractivity contribution in [2.24, 2.45) is 0 Å². The number of ether oxygens (including phenoxy) is 1. The zero-order valence-corrected chi connectivity index (χ0v) is 15.3. The van der Waals surface area contributed by atoms with E-state index in [0.29, 0.717) is 28.1 Å². The summed E-state index contributed by atoms with van der Waals surface area (Å²) in [6, 6.07) is 11.7. The molecule has 1 aliphatic rings. The number of hydrogen-bond donors (Lipinski definition) is 2. The highest BCUT2D eigenvalue weighted by Gasteiger charge is 2.16. The molecule has 5 heteroatoms. The predicted molar refractivity (Wildman–Crippen MR) is 103 cm³/mol. The molecular formula is C20H23ClN2O2. The lowest BCUT2D eigenvalue weighted by atomic mass is 10.1. The molecule has 0 radical (unpaired) electrons. The van der Waals surface area contributed by atoms with Crippen LogP contribution in [0.25, 0.3) is 0 Å². The minimum absolute atomic E-state index is 0.237. The summed E-state index contributed by atoms with van der Waals surface area (Å²) < 4.78 is 5.28. The molecule has 25 heavy (non-hydrogen) atoms. The minimum atomic E-state index is -0.237. The Bertz CT molecular complexity index is 770. The van der Waals surface area contributed by atoms with Gasteiger partial charge >= 0.3 is 0 Å². The van der Waals surface area contributed by atoms with Crippen molar-refractivity contribution in [1.29, 1.82) is 0 Å². The van der Waals surface area contributed by atoms with Gasteiger partial charge in [-0.15, -0.1) is 0 Å². The van der Waals surface area contributed by atoms with Gasteiger partial charge in [-0.05, 0) is 50.1 Å². The van der Waals surface area contributed by atoms with Gasteiger partial charge in [0.25, 0.3) is 5.91 Å². The lowest BCUT2D eigenvalue weighted by molar-refractivity contribution is 0.102. The molecule has 4 nitrogen and oxygen atoms in total. The molecule has 2 aromatic rings. The monoisotopic (exact) mass is 358 g/mol. The van der Waals surface area contributed by atoms with Crippen LogP contribution in [0.15, 0.2) is 36.4 Å². The van der Waals surface area contributed by atoms with Gasteiger partial charge < -0.3 is 15.4 Å². The van der Waals surface area contributed by atoms with Gasteiger partial charge in [-0.1, -0.05) is 36.1 Å². The Hall–Kier alpha value is -2.20. The first-order valence-electron chi connectivity index (χ1n) is 8.59. The number of carbonyl (C=O) groups excluding carboxylic acids is 1. The van der Waals surface area contributed by atoms with Crippen LogP contribution in [0.2, 0.25) is 5.02 Å². The fraction of sp³-hybridized carbons (Fsp3) is 0.350. The summed E-state index contributed by atoms with van der Waals surface area (Å²) in [5.41, 5.74) is 3.06. The fourth-order valence-electron chi connectivity index (χ4n) is 3.20. The van der Waals surface area contributed by atoms with E-state index in [9.17, 15) is 4.79 Å². The van der Waals surface area contributed by atoms with Gasteiger partial charge in [0.05, 0.1) is 23.4 Å². The van der Waals surface area contributed by atoms with Crippen LogP contribution in [0.1, 0.15) is 41.6 Å². The standard InChI is InChI=1S/C20H23ClN2O2/c1-13-7-10-19(25-2)16(11-13)20(24)23-18-9-8-15(12-17(18)21)22-14-5-3-4-6-14/h7-12,14,22H,3-6H2,1-2H3,(H,23,24). The van der Waals surface area contributed by atoms with Gasteiger partial charge in [0.1, 0.15) is 5.75 Å². The lowest BCUT2D eigenvalue weighted by Gasteiger charge is -2.15. The molecule has 1 aliphatic carbocycles. The zero-order valence-electron chi connectivity index (χ0n) is 14.6. The van der Waals surface area contributed by atoms with Crippen molar-refractivity contribution in [3.05, 3.63) is 52.5 Å². The third kappa shape index (κ3) is 4.26. The SMILES string of the molecule is COc1ccc(C)cc1C(=O)Nc1ccc(NC2CCCC2)cc1Cl. The van der Waals surface area contributed by atoms with Gasteiger partial charge in [-0.2, -0.15) is 0 Å². The highest BCUT2D eigenvalue weighted by molar-refractivity contribution is 6.34. The average Bonchev–Trinajstić information content (AvgIpc) is 3.10. The summed E-state index contributed by atoms with van der Waals surface area (Å²) in [6.07, 6.45) is 4.95.